The lowest BCUT2D eigenvalue weighted by molar-refractivity contribution is 0.0376. The van der Waals surface area contributed by atoms with Gasteiger partial charge in [-0.3, -0.25) is 0 Å². The molecule has 0 amide bonds. The Morgan fingerprint density at radius 1 is 1.03 bits per heavy atom. The third-order valence-corrected chi connectivity index (χ3v) is 6.24. The number of unbranched alkanes of at least 4 members (excludes halogenated alkanes) is 3. The highest BCUT2D eigenvalue weighted by atomic mass is 16.5. The first-order valence-electron chi connectivity index (χ1n) is 11.7. The van der Waals surface area contributed by atoms with Gasteiger partial charge in [-0.05, 0) is 62.1 Å². The van der Waals surface area contributed by atoms with Crippen molar-refractivity contribution in [3.63, 3.8) is 0 Å². The molecule has 0 aliphatic rings. The molecule has 0 spiro atoms. The molecule has 1 N–H and O–H groups in total. The minimum absolute atomic E-state index is 0.0207. The van der Waals surface area contributed by atoms with Gasteiger partial charge in [0.15, 0.2) is 0 Å². The molecule has 0 radical (unpaired) electrons. The summed E-state index contributed by atoms with van der Waals surface area (Å²) < 4.78 is 6.50. The maximum absolute atomic E-state index is 10.4. The van der Waals surface area contributed by atoms with E-state index in [-0.39, 0.29) is 16.8 Å². The van der Waals surface area contributed by atoms with Crippen LogP contribution in [0.15, 0.2) is 30.9 Å². The van der Waals surface area contributed by atoms with Gasteiger partial charge in [-0.2, -0.15) is 0 Å². The maximum Gasteiger partial charge on any atom is 0.124 e. The molecule has 0 saturated carbocycles. The number of benzene rings is 1. The second-order valence-electron chi connectivity index (χ2n) is 10.3. The summed E-state index contributed by atoms with van der Waals surface area (Å²) in [7, 11) is 0. The van der Waals surface area contributed by atoms with Gasteiger partial charge in [-0.15, -0.1) is 6.58 Å². The average molecular weight is 403 g/mol. The SMILES string of the molecule is C=CCC(CCC(C)C)C(C)(C)Oc1cc(O)cc(C(C)(C)CCCCCC)c1. The highest BCUT2D eigenvalue weighted by Crippen LogP contribution is 2.37. The molecule has 2 nitrogen and oxygen atoms in total. The van der Waals surface area contributed by atoms with Crippen LogP contribution in [0.3, 0.4) is 0 Å². The predicted molar refractivity (Wildman–Crippen MR) is 127 cm³/mol. The highest BCUT2D eigenvalue weighted by Gasteiger charge is 2.31. The molecule has 0 fully saturated rings. The molecule has 1 atom stereocenters. The zero-order valence-electron chi connectivity index (χ0n) is 20.2. The summed E-state index contributed by atoms with van der Waals surface area (Å²) in [4.78, 5) is 0. The number of rotatable bonds is 14. The Bertz CT molecular complexity index is 613. The van der Waals surface area contributed by atoms with Gasteiger partial charge in [0.1, 0.15) is 17.1 Å². The predicted octanol–water partition coefficient (Wildman–Crippen LogP) is 8.43. The number of hydrogen-bond donors (Lipinski definition) is 1. The first-order valence-corrected chi connectivity index (χ1v) is 11.7. The van der Waals surface area contributed by atoms with Crippen molar-refractivity contribution in [3.8, 4) is 11.5 Å². The van der Waals surface area contributed by atoms with E-state index in [4.69, 9.17) is 4.74 Å². The van der Waals surface area contributed by atoms with Crippen LogP contribution in [-0.4, -0.2) is 10.7 Å². The van der Waals surface area contributed by atoms with E-state index in [1.165, 1.54) is 32.1 Å². The third-order valence-electron chi connectivity index (χ3n) is 6.24. The molecular formula is C27H46O2. The Labute approximate surface area is 180 Å². The van der Waals surface area contributed by atoms with Crippen LogP contribution in [0, 0.1) is 11.8 Å². The normalized spacial score (nSPS) is 13.5. The Kier molecular flexibility index (Phi) is 10.3. The quantitative estimate of drug-likeness (QED) is 0.250. The van der Waals surface area contributed by atoms with Crippen LogP contribution in [0.2, 0.25) is 0 Å². The standard InChI is InChI=1S/C27H46O2/c1-9-11-12-13-17-26(5,6)23-18-24(28)20-25(19-23)29-27(7,8)22(14-10-2)16-15-21(3)4/h10,18-22,28H,2,9,11-17H2,1,3-8H3. The minimum atomic E-state index is -0.320. The van der Waals surface area contributed by atoms with Crippen LogP contribution in [0.25, 0.3) is 0 Å². The number of phenols is 1. The van der Waals surface area contributed by atoms with Gasteiger partial charge >= 0.3 is 0 Å². The summed E-state index contributed by atoms with van der Waals surface area (Å²) in [6.07, 6.45) is 11.4. The van der Waals surface area contributed by atoms with E-state index in [0.717, 1.165) is 30.6 Å². The smallest absolute Gasteiger partial charge is 0.124 e. The van der Waals surface area contributed by atoms with Crippen LogP contribution in [0.1, 0.15) is 105 Å². The summed E-state index contributed by atoms with van der Waals surface area (Å²) >= 11 is 0. The van der Waals surface area contributed by atoms with Gasteiger partial charge in [-0.25, -0.2) is 0 Å². The Morgan fingerprint density at radius 2 is 1.72 bits per heavy atom. The lowest BCUT2D eigenvalue weighted by atomic mass is 9.79. The van der Waals surface area contributed by atoms with E-state index in [9.17, 15) is 5.11 Å². The van der Waals surface area contributed by atoms with Crippen molar-refractivity contribution in [2.75, 3.05) is 0 Å². The number of aromatic hydroxyl groups is 1. The number of hydrogen-bond acceptors (Lipinski definition) is 2. The van der Waals surface area contributed by atoms with Crippen LogP contribution >= 0.6 is 0 Å². The fourth-order valence-corrected chi connectivity index (χ4v) is 4.04. The first-order chi connectivity index (χ1) is 13.5. The largest absolute Gasteiger partial charge is 0.508 e. The molecule has 0 bridgehead atoms. The molecule has 1 rings (SSSR count). The van der Waals surface area contributed by atoms with Crippen molar-refractivity contribution in [3.05, 3.63) is 36.4 Å². The van der Waals surface area contributed by atoms with E-state index in [1.807, 2.05) is 12.1 Å². The summed E-state index contributed by atoms with van der Waals surface area (Å²) in [5.41, 5.74) is 0.856. The second-order valence-corrected chi connectivity index (χ2v) is 10.3. The number of ether oxygens (including phenoxy) is 1. The lowest BCUT2D eigenvalue weighted by Crippen LogP contribution is -2.37. The molecule has 29 heavy (non-hydrogen) atoms. The second kappa shape index (κ2) is 11.7. The topological polar surface area (TPSA) is 29.5 Å². The molecule has 166 valence electrons. The van der Waals surface area contributed by atoms with Gasteiger partial charge in [0, 0.05) is 12.0 Å². The summed E-state index contributed by atoms with van der Waals surface area (Å²) in [5, 5.41) is 10.4. The van der Waals surface area contributed by atoms with Crippen LogP contribution in [0.5, 0.6) is 11.5 Å². The van der Waals surface area contributed by atoms with Gasteiger partial charge in [0.05, 0.1) is 0 Å². The van der Waals surface area contributed by atoms with Gasteiger partial charge < -0.3 is 9.84 Å². The zero-order valence-corrected chi connectivity index (χ0v) is 20.2. The molecule has 0 heterocycles. The molecule has 0 aliphatic heterocycles. The molecule has 2 heteroatoms. The Morgan fingerprint density at radius 3 is 2.31 bits per heavy atom. The summed E-state index contributed by atoms with van der Waals surface area (Å²) in [5.74, 6) is 2.14. The highest BCUT2D eigenvalue weighted by molar-refractivity contribution is 5.41. The van der Waals surface area contributed by atoms with E-state index in [0.29, 0.717) is 11.8 Å². The number of allylic oxidation sites excluding steroid dienone is 1. The number of phenolic OH excluding ortho intramolecular Hbond substituents is 1. The van der Waals surface area contributed by atoms with Gasteiger partial charge in [0.25, 0.3) is 0 Å². The van der Waals surface area contributed by atoms with Gasteiger partial charge in [0.2, 0.25) is 0 Å². The van der Waals surface area contributed by atoms with Crippen LogP contribution in [0.4, 0.5) is 0 Å². The van der Waals surface area contributed by atoms with Crippen molar-refractivity contribution >= 4 is 0 Å². The summed E-state index contributed by atoms with van der Waals surface area (Å²) in [6.45, 7) is 19.6. The fraction of sp³-hybridized carbons (Fsp3) is 0.704. The molecular weight excluding hydrogens is 356 g/mol. The average Bonchev–Trinajstić information content (AvgIpc) is 2.61. The molecule has 1 unspecified atom stereocenters. The molecule has 1 aromatic rings. The third kappa shape index (κ3) is 8.84. The van der Waals surface area contributed by atoms with Gasteiger partial charge in [-0.1, -0.05) is 72.8 Å². The van der Waals surface area contributed by atoms with Crippen molar-refractivity contribution < 1.29 is 9.84 Å². The summed E-state index contributed by atoms with van der Waals surface area (Å²) in [6, 6.07) is 5.79. The first kappa shape index (κ1) is 25.6. The van der Waals surface area contributed by atoms with Crippen LogP contribution < -0.4 is 4.74 Å². The van der Waals surface area contributed by atoms with Crippen LogP contribution in [-0.2, 0) is 5.41 Å². The van der Waals surface area contributed by atoms with Crippen molar-refractivity contribution in [1.82, 2.24) is 0 Å². The van der Waals surface area contributed by atoms with Crippen molar-refractivity contribution in [2.24, 2.45) is 11.8 Å². The molecule has 0 aliphatic carbocycles. The monoisotopic (exact) mass is 402 g/mol. The Balaban J connectivity index is 2.98. The minimum Gasteiger partial charge on any atom is -0.508 e. The maximum atomic E-state index is 10.4. The van der Waals surface area contributed by atoms with Crippen molar-refractivity contribution in [2.45, 2.75) is 111 Å². The molecule has 1 aromatic carbocycles. The van der Waals surface area contributed by atoms with E-state index in [1.54, 1.807) is 6.07 Å². The van der Waals surface area contributed by atoms with E-state index in [2.05, 4.69) is 61.1 Å². The van der Waals surface area contributed by atoms with Crippen molar-refractivity contribution in [1.29, 1.82) is 0 Å². The lowest BCUT2D eigenvalue weighted by Gasteiger charge is -2.36. The molecule has 0 saturated heterocycles. The van der Waals surface area contributed by atoms with E-state index >= 15 is 0 Å². The molecule has 0 aromatic heterocycles. The van der Waals surface area contributed by atoms with E-state index < -0.39 is 0 Å². The fourth-order valence-electron chi connectivity index (χ4n) is 4.04. The zero-order chi connectivity index (χ0) is 22.1. The Hall–Kier alpha value is -1.44.